The summed E-state index contributed by atoms with van der Waals surface area (Å²) >= 11 is 0. The molecule has 2 amide bonds. The van der Waals surface area contributed by atoms with E-state index in [4.69, 9.17) is 14.2 Å². The zero-order valence-corrected chi connectivity index (χ0v) is 27.5. The molecule has 1 aliphatic rings. The van der Waals surface area contributed by atoms with Crippen molar-refractivity contribution in [1.82, 2.24) is 20.5 Å². The Morgan fingerprint density at radius 3 is 2.46 bits per heavy atom. The number of pyridine rings is 1. The minimum absolute atomic E-state index is 0.00599. The van der Waals surface area contributed by atoms with E-state index < -0.39 is 18.3 Å². The predicted octanol–water partition coefficient (Wildman–Crippen LogP) is 5.32. The maximum Gasteiger partial charge on any atom is 0.325 e. The molecule has 3 N–H and O–H groups in total. The first kappa shape index (κ1) is 34.7. The second-order valence-electron chi connectivity index (χ2n) is 11.9. The van der Waals surface area contributed by atoms with Gasteiger partial charge in [-0.25, -0.2) is 4.79 Å². The molecule has 1 aromatic heterocycles. The van der Waals surface area contributed by atoms with Crippen LogP contribution in [0.25, 0.3) is 11.1 Å². The molecule has 0 aliphatic carbocycles. The summed E-state index contributed by atoms with van der Waals surface area (Å²) in [5, 5.41) is 14.8. The quantitative estimate of drug-likeness (QED) is 0.157. The molecule has 48 heavy (non-hydrogen) atoms. The van der Waals surface area contributed by atoms with Crippen LogP contribution in [0.3, 0.4) is 0 Å². The van der Waals surface area contributed by atoms with Crippen molar-refractivity contribution in [3.63, 3.8) is 0 Å². The van der Waals surface area contributed by atoms with Gasteiger partial charge in [0.15, 0.2) is 6.29 Å². The van der Waals surface area contributed by atoms with E-state index in [9.17, 15) is 14.7 Å². The third-order valence-electron chi connectivity index (χ3n) is 8.18. The number of nitrogens with one attached hydrogen (secondary N) is 2. The molecule has 252 valence electrons. The first-order valence-corrected chi connectivity index (χ1v) is 16.4. The fourth-order valence-electron chi connectivity index (χ4n) is 5.66. The molecule has 10 nitrogen and oxygen atoms in total. The summed E-state index contributed by atoms with van der Waals surface area (Å²) in [4.78, 5) is 30.4. The molecule has 1 fully saturated rings. The molecule has 3 atom stereocenters. The second kappa shape index (κ2) is 17.5. The molecule has 4 aromatic rings. The van der Waals surface area contributed by atoms with E-state index >= 15 is 0 Å². The summed E-state index contributed by atoms with van der Waals surface area (Å²) in [5.41, 5.74) is 6.76. The maximum absolute atomic E-state index is 12.2. The molecule has 0 saturated carbocycles. The highest BCUT2D eigenvalue weighted by atomic mass is 16.7. The van der Waals surface area contributed by atoms with Crippen LogP contribution >= 0.6 is 0 Å². The van der Waals surface area contributed by atoms with Crippen molar-refractivity contribution in [2.45, 2.75) is 51.4 Å². The van der Waals surface area contributed by atoms with Crippen LogP contribution in [0.2, 0.25) is 0 Å². The fraction of sp³-hybridized carbons (Fsp3) is 0.342. The first-order valence-electron chi connectivity index (χ1n) is 16.4. The highest BCUT2D eigenvalue weighted by molar-refractivity contribution is 5.80. The molecule has 2 heterocycles. The van der Waals surface area contributed by atoms with Gasteiger partial charge in [-0.2, -0.15) is 0 Å². The lowest BCUT2D eigenvalue weighted by atomic mass is 9.98. The third-order valence-corrected chi connectivity index (χ3v) is 8.18. The highest BCUT2D eigenvalue weighted by Gasteiger charge is 2.33. The van der Waals surface area contributed by atoms with Gasteiger partial charge in [0, 0.05) is 49.9 Å². The summed E-state index contributed by atoms with van der Waals surface area (Å²) in [6, 6.07) is 29.5. The first-order chi connectivity index (χ1) is 23.4. The monoisotopic (exact) mass is 652 g/mol. The maximum atomic E-state index is 12.2. The Hall–Kier alpha value is -4.61. The smallest absolute Gasteiger partial charge is 0.325 e. The lowest BCUT2D eigenvalue weighted by molar-refractivity contribution is -0.252. The number of hydrogen-bond acceptors (Lipinski definition) is 8. The molecule has 0 radical (unpaired) electrons. The topological polar surface area (TPSA) is 122 Å². The minimum Gasteiger partial charge on any atom is -0.465 e. The van der Waals surface area contributed by atoms with Crippen LogP contribution in [0, 0.1) is 0 Å². The van der Waals surface area contributed by atoms with E-state index in [0.29, 0.717) is 13.0 Å². The number of ether oxygens (including phenoxy) is 3. The number of hydrogen-bond donors (Lipinski definition) is 3. The van der Waals surface area contributed by atoms with Crippen molar-refractivity contribution in [2.75, 3.05) is 33.3 Å². The van der Waals surface area contributed by atoms with Crippen LogP contribution in [0.15, 0.2) is 97.2 Å². The van der Waals surface area contributed by atoms with Crippen LogP contribution in [0.4, 0.5) is 4.79 Å². The normalized spacial score (nSPS) is 17.5. The van der Waals surface area contributed by atoms with E-state index in [1.54, 1.807) is 6.92 Å². The van der Waals surface area contributed by atoms with Gasteiger partial charge in [0.2, 0.25) is 0 Å². The third kappa shape index (κ3) is 10.2. The van der Waals surface area contributed by atoms with Gasteiger partial charge in [0.1, 0.15) is 6.54 Å². The number of aliphatic hydroxyl groups is 1. The summed E-state index contributed by atoms with van der Waals surface area (Å²) in [5.74, 6) is -0.481. The van der Waals surface area contributed by atoms with Gasteiger partial charge in [-0.1, -0.05) is 66.7 Å². The number of carbonyl (C=O) groups excluding carboxylic acids is 2. The standard InChI is InChI=1S/C38H44N4O6/c1-3-46-36(44)24-41-38(45)40-23-28-8-6-9-30(20-28)31-10-7-11-32(21-31)37-47-34(25-42(2)19-17-33-12-4-5-18-39-33)22-35(48-37)29-15-13-27(26-43)14-16-29/h4-16,18,20-21,34-35,37,43H,3,17,19,22-26H2,1-2H3,(H2,40,41,45)/t34-,35+,37+/m1/s1. The summed E-state index contributed by atoms with van der Waals surface area (Å²) in [6.07, 6.45) is 2.54. The molecule has 10 heteroatoms. The summed E-state index contributed by atoms with van der Waals surface area (Å²) in [6.45, 7) is 3.67. The summed E-state index contributed by atoms with van der Waals surface area (Å²) in [7, 11) is 2.11. The van der Waals surface area contributed by atoms with Gasteiger partial charge in [-0.15, -0.1) is 0 Å². The SMILES string of the molecule is CCOC(=O)CNC(=O)NCc1cccc(-c2cccc([C@H]3O[C@@H](CN(C)CCc4ccccn4)C[C@@H](c4ccc(CO)cc4)O3)c2)c1. The number of esters is 1. The zero-order chi connectivity index (χ0) is 33.7. The molecule has 1 saturated heterocycles. The Labute approximate surface area is 282 Å². The largest absolute Gasteiger partial charge is 0.465 e. The van der Waals surface area contributed by atoms with Gasteiger partial charge in [0.05, 0.1) is 25.4 Å². The van der Waals surface area contributed by atoms with Gasteiger partial charge in [-0.05, 0) is 66.1 Å². The number of nitrogens with zero attached hydrogens (tertiary/aromatic N) is 2. The molecular formula is C38H44N4O6. The number of carbonyl (C=O) groups is 2. The Balaban J connectivity index is 1.28. The average Bonchev–Trinajstić information content (AvgIpc) is 3.13. The average molecular weight is 653 g/mol. The van der Waals surface area contributed by atoms with Crippen LogP contribution in [-0.4, -0.2) is 66.4 Å². The Morgan fingerprint density at radius 1 is 0.917 bits per heavy atom. The molecule has 0 bridgehead atoms. The Morgan fingerprint density at radius 2 is 1.71 bits per heavy atom. The van der Waals surface area contributed by atoms with Crippen molar-refractivity contribution >= 4 is 12.0 Å². The van der Waals surface area contributed by atoms with E-state index in [0.717, 1.165) is 58.6 Å². The highest BCUT2D eigenvalue weighted by Crippen LogP contribution is 2.39. The van der Waals surface area contributed by atoms with Crippen LogP contribution in [-0.2, 0) is 38.6 Å². The fourth-order valence-corrected chi connectivity index (χ4v) is 5.66. The number of benzene rings is 3. The van der Waals surface area contributed by atoms with Crippen molar-refractivity contribution in [1.29, 1.82) is 0 Å². The number of rotatable bonds is 14. The number of urea groups is 1. The molecule has 0 spiro atoms. The molecule has 1 aliphatic heterocycles. The van der Waals surface area contributed by atoms with E-state index in [-0.39, 0.29) is 32.0 Å². The summed E-state index contributed by atoms with van der Waals surface area (Å²) < 4.78 is 18.1. The van der Waals surface area contributed by atoms with Gasteiger partial charge in [-0.3, -0.25) is 9.78 Å². The molecule has 0 unspecified atom stereocenters. The van der Waals surface area contributed by atoms with E-state index in [1.165, 1.54) is 0 Å². The number of likely N-dealkylation sites (N-methyl/N-ethyl adjacent to an activating group) is 1. The molecule has 5 rings (SSSR count). The second-order valence-corrected chi connectivity index (χ2v) is 11.9. The lowest BCUT2D eigenvalue weighted by Crippen LogP contribution is -2.38. The molecular weight excluding hydrogens is 608 g/mol. The van der Waals surface area contributed by atoms with Crippen LogP contribution in [0.5, 0.6) is 0 Å². The Bertz CT molecular complexity index is 1620. The van der Waals surface area contributed by atoms with Crippen molar-refractivity contribution in [3.8, 4) is 11.1 Å². The number of aliphatic hydroxyl groups excluding tert-OH is 1. The van der Waals surface area contributed by atoms with Gasteiger partial charge in [0.25, 0.3) is 0 Å². The van der Waals surface area contributed by atoms with Crippen LogP contribution < -0.4 is 10.6 Å². The predicted molar refractivity (Wildman–Crippen MR) is 183 cm³/mol. The zero-order valence-electron chi connectivity index (χ0n) is 27.5. The molecule has 3 aromatic carbocycles. The van der Waals surface area contributed by atoms with Crippen molar-refractivity contribution in [3.05, 3.63) is 125 Å². The number of aromatic nitrogens is 1. The Kier molecular flexibility index (Phi) is 12.7. The van der Waals surface area contributed by atoms with E-state index in [2.05, 4.69) is 33.6 Å². The minimum atomic E-state index is -0.580. The van der Waals surface area contributed by atoms with Crippen molar-refractivity contribution in [2.24, 2.45) is 0 Å². The van der Waals surface area contributed by atoms with E-state index in [1.807, 2.05) is 91.1 Å². The van der Waals surface area contributed by atoms with Crippen molar-refractivity contribution < 1.29 is 28.9 Å². The van der Waals surface area contributed by atoms with Gasteiger partial charge < -0.3 is 34.9 Å². The lowest BCUT2D eigenvalue weighted by Gasteiger charge is -2.38. The van der Waals surface area contributed by atoms with Gasteiger partial charge >= 0.3 is 12.0 Å². The van der Waals surface area contributed by atoms with Crippen LogP contribution in [0.1, 0.15) is 53.7 Å². The number of amides is 2.